The minimum atomic E-state index is -0.914. The third-order valence-electron chi connectivity index (χ3n) is 8.99. The highest BCUT2D eigenvalue weighted by Gasteiger charge is 2.51. The number of nitrogens with zero attached hydrogens (tertiary/aromatic N) is 4. The summed E-state index contributed by atoms with van der Waals surface area (Å²) in [5.74, 6) is 0.596. The molecule has 2 aliphatic carbocycles. The van der Waals surface area contributed by atoms with Crippen LogP contribution in [-0.2, 0) is 9.59 Å². The summed E-state index contributed by atoms with van der Waals surface area (Å²) in [5.41, 5.74) is -0.624. The fourth-order valence-corrected chi connectivity index (χ4v) is 6.91. The van der Waals surface area contributed by atoms with Crippen molar-refractivity contribution >= 4 is 23.2 Å². The molecule has 36 heavy (non-hydrogen) atoms. The average molecular weight is 498 g/mol. The molecule has 5 rings (SSSR count). The van der Waals surface area contributed by atoms with Crippen molar-refractivity contribution in [3.63, 3.8) is 0 Å². The number of anilines is 1. The molecular formula is C27H39N5O4. The lowest BCUT2D eigenvalue weighted by atomic mass is 9.59. The summed E-state index contributed by atoms with van der Waals surface area (Å²) in [6.45, 7) is 3.64. The number of aliphatic hydroxyl groups excluding tert-OH is 1. The minimum Gasteiger partial charge on any atom is -0.473 e. The first kappa shape index (κ1) is 25.3. The second-order valence-corrected chi connectivity index (χ2v) is 11.2. The van der Waals surface area contributed by atoms with Crippen LogP contribution in [0.3, 0.4) is 0 Å². The van der Waals surface area contributed by atoms with Gasteiger partial charge in [-0.15, -0.1) is 0 Å². The molecule has 2 aliphatic heterocycles. The van der Waals surface area contributed by atoms with E-state index in [4.69, 9.17) is 10.1 Å². The van der Waals surface area contributed by atoms with Gasteiger partial charge in [0.2, 0.25) is 11.8 Å². The van der Waals surface area contributed by atoms with Crippen molar-refractivity contribution in [2.75, 3.05) is 25.0 Å². The number of rotatable bonds is 6. The van der Waals surface area contributed by atoms with Crippen molar-refractivity contribution < 1.29 is 19.4 Å². The molecule has 5 atom stereocenters. The summed E-state index contributed by atoms with van der Waals surface area (Å²) in [6, 6.07) is 1.98. The summed E-state index contributed by atoms with van der Waals surface area (Å²) in [6.07, 6.45) is 7.46. The van der Waals surface area contributed by atoms with Crippen molar-refractivity contribution in [3.8, 4) is 5.88 Å². The SMILES string of the molecule is C[C@H](Oc1cc(N2CCCC2=O)nc(C(=N)C2CCC[C@@]3(CCCCC3=O)[C@@H]2O)n1)[C@@H]1CCCN1C. The molecule has 4 aliphatic rings. The van der Waals surface area contributed by atoms with Crippen molar-refractivity contribution in [1.29, 1.82) is 5.41 Å². The van der Waals surface area contributed by atoms with E-state index in [2.05, 4.69) is 21.9 Å². The number of Topliss-reactive ketones (excluding diaryl/α,β-unsaturated/α-hetero) is 1. The quantitative estimate of drug-likeness (QED) is 0.580. The lowest BCUT2D eigenvalue weighted by Gasteiger charge is -2.46. The number of carbonyl (C=O) groups is 2. The molecule has 2 N–H and O–H groups in total. The van der Waals surface area contributed by atoms with Gasteiger partial charge in [-0.1, -0.05) is 12.8 Å². The molecule has 0 radical (unpaired) electrons. The Labute approximate surface area is 213 Å². The summed E-state index contributed by atoms with van der Waals surface area (Å²) in [4.78, 5) is 38.6. The van der Waals surface area contributed by atoms with Crippen molar-refractivity contribution in [2.24, 2.45) is 11.3 Å². The Balaban J connectivity index is 1.45. The van der Waals surface area contributed by atoms with Gasteiger partial charge >= 0.3 is 0 Å². The maximum absolute atomic E-state index is 12.9. The molecule has 4 fully saturated rings. The molecule has 1 amide bonds. The standard InChI is InChI=1S/C27H39N5O4/c1-17(19-9-6-14-31(19)2)36-22-16-21(32-15-7-11-23(32)34)29-26(30-22)24(28)18-8-5-13-27(25(18)35)12-4-3-10-20(27)33/h16-19,25,28,35H,3-15H2,1-2H3/t17-,18?,19-,25+,27+/m0/s1. The number of likely N-dealkylation sites (tertiary alicyclic amines) is 1. The summed E-state index contributed by atoms with van der Waals surface area (Å²) < 4.78 is 6.29. The Morgan fingerprint density at radius 2 is 1.92 bits per heavy atom. The summed E-state index contributed by atoms with van der Waals surface area (Å²) in [5, 5.41) is 20.5. The molecule has 2 saturated heterocycles. The fraction of sp³-hybridized carbons (Fsp3) is 0.741. The molecular weight excluding hydrogens is 458 g/mol. The monoisotopic (exact) mass is 497 g/mol. The lowest BCUT2D eigenvalue weighted by molar-refractivity contribution is -0.145. The number of hydrogen-bond acceptors (Lipinski definition) is 8. The molecule has 1 unspecified atom stereocenters. The third-order valence-corrected chi connectivity index (χ3v) is 8.99. The Morgan fingerprint density at radius 3 is 2.61 bits per heavy atom. The average Bonchev–Trinajstić information content (AvgIpc) is 3.49. The van der Waals surface area contributed by atoms with Gasteiger partial charge in [0.1, 0.15) is 17.7 Å². The van der Waals surface area contributed by atoms with Gasteiger partial charge in [0.25, 0.3) is 0 Å². The van der Waals surface area contributed by atoms with Crippen molar-refractivity contribution in [1.82, 2.24) is 14.9 Å². The van der Waals surface area contributed by atoms with Gasteiger partial charge in [0.15, 0.2) is 5.82 Å². The van der Waals surface area contributed by atoms with E-state index >= 15 is 0 Å². The van der Waals surface area contributed by atoms with Crippen LogP contribution in [0.25, 0.3) is 0 Å². The maximum atomic E-state index is 12.9. The third kappa shape index (κ3) is 4.56. The van der Waals surface area contributed by atoms with Gasteiger partial charge in [-0.05, 0) is 65.5 Å². The van der Waals surface area contributed by atoms with E-state index in [1.807, 2.05) is 6.92 Å². The Hall–Kier alpha value is -2.39. The number of likely N-dealkylation sites (N-methyl/N-ethyl adjacent to an activating group) is 1. The summed E-state index contributed by atoms with van der Waals surface area (Å²) in [7, 11) is 2.10. The molecule has 2 saturated carbocycles. The zero-order chi connectivity index (χ0) is 25.4. The van der Waals surface area contributed by atoms with Crippen LogP contribution >= 0.6 is 0 Å². The highest BCUT2D eigenvalue weighted by Crippen LogP contribution is 2.48. The number of aromatic nitrogens is 2. The predicted octanol–water partition coefficient (Wildman–Crippen LogP) is 3.12. The molecule has 1 aromatic rings. The number of carbonyl (C=O) groups excluding carboxylic acids is 2. The molecule has 0 bridgehead atoms. The summed E-state index contributed by atoms with van der Waals surface area (Å²) >= 11 is 0. The van der Waals surface area contributed by atoms with Crippen LogP contribution in [0.1, 0.15) is 83.4 Å². The van der Waals surface area contributed by atoms with Crippen LogP contribution in [0.5, 0.6) is 5.88 Å². The van der Waals surface area contributed by atoms with Gasteiger partial charge < -0.3 is 15.3 Å². The fourth-order valence-electron chi connectivity index (χ4n) is 6.91. The zero-order valence-corrected chi connectivity index (χ0v) is 21.5. The Kier molecular flexibility index (Phi) is 7.14. The topological polar surface area (TPSA) is 120 Å². The number of ketones is 1. The van der Waals surface area contributed by atoms with Gasteiger partial charge in [-0.25, -0.2) is 4.98 Å². The number of hydrogen-bond donors (Lipinski definition) is 2. The van der Waals surface area contributed by atoms with Crippen molar-refractivity contribution in [2.45, 2.75) is 95.8 Å². The van der Waals surface area contributed by atoms with E-state index in [-0.39, 0.29) is 35.4 Å². The first-order valence-electron chi connectivity index (χ1n) is 13.7. The largest absolute Gasteiger partial charge is 0.473 e. The van der Waals surface area contributed by atoms with Crippen LogP contribution in [0.4, 0.5) is 5.82 Å². The van der Waals surface area contributed by atoms with Gasteiger partial charge in [0, 0.05) is 37.4 Å². The van der Waals surface area contributed by atoms with Gasteiger partial charge in [-0.2, -0.15) is 4.98 Å². The number of nitrogens with one attached hydrogen (secondary N) is 1. The number of amides is 1. The van der Waals surface area contributed by atoms with E-state index in [9.17, 15) is 14.7 Å². The van der Waals surface area contributed by atoms with Crippen LogP contribution in [0, 0.1) is 16.7 Å². The molecule has 3 heterocycles. The second-order valence-electron chi connectivity index (χ2n) is 11.2. The van der Waals surface area contributed by atoms with Gasteiger partial charge in [0.05, 0.1) is 17.2 Å². The van der Waals surface area contributed by atoms with E-state index in [1.165, 1.54) is 0 Å². The smallest absolute Gasteiger partial charge is 0.228 e. The maximum Gasteiger partial charge on any atom is 0.228 e. The number of aliphatic hydroxyl groups is 1. The molecule has 196 valence electrons. The molecule has 1 aromatic heterocycles. The second kappa shape index (κ2) is 10.2. The van der Waals surface area contributed by atoms with Crippen LogP contribution in [-0.4, -0.2) is 75.8 Å². The van der Waals surface area contributed by atoms with E-state index in [0.29, 0.717) is 50.3 Å². The molecule has 1 spiro atoms. The van der Waals surface area contributed by atoms with Crippen LogP contribution < -0.4 is 9.64 Å². The van der Waals surface area contributed by atoms with Gasteiger partial charge in [-0.3, -0.25) is 19.4 Å². The molecule has 9 nitrogen and oxygen atoms in total. The Bertz CT molecular complexity index is 1030. The first-order valence-corrected chi connectivity index (χ1v) is 13.7. The minimum absolute atomic E-state index is 0.00478. The van der Waals surface area contributed by atoms with E-state index in [0.717, 1.165) is 45.1 Å². The van der Waals surface area contributed by atoms with Crippen molar-refractivity contribution in [3.05, 3.63) is 11.9 Å². The van der Waals surface area contributed by atoms with E-state index < -0.39 is 17.4 Å². The lowest BCUT2D eigenvalue weighted by Crippen LogP contribution is -2.52. The van der Waals surface area contributed by atoms with Crippen LogP contribution in [0.2, 0.25) is 0 Å². The molecule has 9 heteroatoms. The Morgan fingerprint density at radius 1 is 1.11 bits per heavy atom. The normalized spacial score (nSPS) is 32.3. The highest BCUT2D eigenvalue weighted by molar-refractivity contribution is 6.00. The zero-order valence-electron chi connectivity index (χ0n) is 21.5. The number of ether oxygens (including phenoxy) is 1. The molecule has 0 aromatic carbocycles. The predicted molar refractivity (Wildman–Crippen MR) is 135 cm³/mol. The highest BCUT2D eigenvalue weighted by atomic mass is 16.5. The van der Waals surface area contributed by atoms with E-state index in [1.54, 1.807) is 11.0 Å². The van der Waals surface area contributed by atoms with Crippen LogP contribution in [0.15, 0.2) is 6.07 Å². The first-order chi connectivity index (χ1) is 17.3.